The van der Waals surface area contributed by atoms with Crippen LogP contribution in [0.1, 0.15) is 13.3 Å². The van der Waals surface area contributed by atoms with Crippen LogP contribution in [0, 0.1) is 0 Å². The molecule has 2 aromatic rings. The van der Waals surface area contributed by atoms with Gasteiger partial charge in [-0.1, -0.05) is 6.92 Å². The highest BCUT2D eigenvalue weighted by atomic mass is 35.5. The molecule has 6 heteroatoms. The first-order chi connectivity index (χ1) is 9.72. The Balaban J connectivity index is 2.06. The van der Waals surface area contributed by atoms with Gasteiger partial charge < -0.3 is 10.1 Å². The molecule has 1 amide bonds. The van der Waals surface area contributed by atoms with Crippen molar-refractivity contribution < 1.29 is 9.53 Å². The maximum Gasteiger partial charge on any atom is 0.241 e. The third kappa shape index (κ3) is 3.95. The molecule has 4 nitrogen and oxygen atoms in total. The Morgan fingerprint density at radius 1 is 1.40 bits per heavy atom. The zero-order valence-electron chi connectivity index (χ0n) is 11.1. The average molecular weight is 311 g/mol. The SMILES string of the molecule is CCCOc1ccc(-c2csc(NC(=O)CCl)n2)cc1. The van der Waals surface area contributed by atoms with Crippen LogP contribution in [0.4, 0.5) is 5.13 Å². The Morgan fingerprint density at radius 3 is 2.80 bits per heavy atom. The van der Waals surface area contributed by atoms with E-state index in [0.717, 1.165) is 23.4 Å². The molecule has 1 aromatic carbocycles. The molecule has 0 aliphatic rings. The molecule has 0 unspecified atom stereocenters. The van der Waals surface area contributed by atoms with E-state index in [1.54, 1.807) is 0 Å². The lowest BCUT2D eigenvalue weighted by Crippen LogP contribution is -2.12. The number of hydrogen-bond acceptors (Lipinski definition) is 4. The van der Waals surface area contributed by atoms with Gasteiger partial charge in [-0.05, 0) is 30.7 Å². The highest BCUT2D eigenvalue weighted by molar-refractivity contribution is 7.14. The van der Waals surface area contributed by atoms with E-state index in [2.05, 4.69) is 17.2 Å². The number of carbonyl (C=O) groups excluding carboxylic acids is 1. The molecule has 1 aromatic heterocycles. The van der Waals surface area contributed by atoms with E-state index in [-0.39, 0.29) is 11.8 Å². The Hall–Kier alpha value is -1.59. The van der Waals surface area contributed by atoms with Crippen LogP contribution in [-0.2, 0) is 4.79 Å². The first-order valence-electron chi connectivity index (χ1n) is 6.27. The predicted octanol–water partition coefficient (Wildman–Crippen LogP) is 3.78. The van der Waals surface area contributed by atoms with Crippen molar-refractivity contribution in [3.8, 4) is 17.0 Å². The normalized spacial score (nSPS) is 10.3. The standard InChI is InChI=1S/C14H15ClN2O2S/c1-2-7-19-11-5-3-10(4-6-11)12-9-20-14(16-12)17-13(18)8-15/h3-6,9H,2,7-8H2,1H3,(H,16,17,18). The van der Waals surface area contributed by atoms with Crippen LogP contribution in [0.3, 0.4) is 0 Å². The first-order valence-corrected chi connectivity index (χ1v) is 7.69. The van der Waals surface area contributed by atoms with Gasteiger partial charge in [0.2, 0.25) is 5.91 Å². The molecule has 2 rings (SSSR count). The lowest BCUT2D eigenvalue weighted by molar-refractivity contribution is -0.113. The molecule has 0 aliphatic carbocycles. The van der Waals surface area contributed by atoms with Gasteiger partial charge in [-0.3, -0.25) is 4.79 Å². The van der Waals surface area contributed by atoms with E-state index in [1.165, 1.54) is 11.3 Å². The van der Waals surface area contributed by atoms with E-state index < -0.39 is 0 Å². The molecule has 0 aliphatic heterocycles. The second kappa shape index (κ2) is 7.26. The summed E-state index contributed by atoms with van der Waals surface area (Å²) in [5.41, 5.74) is 1.80. The molecule has 0 atom stereocenters. The fourth-order valence-corrected chi connectivity index (χ4v) is 2.36. The molecule has 0 saturated heterocycles. The maximum atomic E-state index is 11.2. The molecule has 0 bridgehead atoms. The zero-order chi connectivity index (χ0) is 14.4. The maximum absolute atomic E-state index is 11.2. The van der Waals surface area contributed by atoms with Crippen LogP contribution in [0.2, 0.25) is 0 Å². The first kappa shape index (κ1) is 14.8. The van der Waals surface area contributed by atoms with Gasteiger partial charge in [-0.15, -0.1) is 22.9 Å². The van der Waals surface area contributed by atoms with Crippen molar-refractivity contribution in [2.45, 2.75) is 13.3 Å². The molecule has 0 spiro atoms. The van der Waals surface area contributed by atoms with Crippen LogP contribution in [0.15, 0.2) is 29.6 Å². The monoisotopic (exact) mass is 310 g/mol. The number of rotatable bonds is 6. The van der Waals surface area contributed by atoms with Gasteiger partial charge in [-0.25, -0.2) is 4.98 Å². The molecule has 1 N–H and O–H groups in total. The van der Waals surface area contributed by atoms with Gasteiger partial charge in [0, 0.05) is 10.9 Å². The van der Waals surface area contributed by atoms with E-state index >= 15 is 0 Å². The molecule has 0 saturated carbocycles. The Morgan fingerprint density at radius 2 is 2.15 bits per heavy atom. The minimum absolute atomic E-state index is 0.0711. The molecule has 20 heavy (non-hydrogen) atoms. The van der Waals surface area contributed by atoms with Crippen LogP contribution in [0.5, 0.6) is 5.75 Å². The molecular formula is C14H15ClN2O2S. The van der Waals surface area contributed by atoms with Gasteiger partial charge in [0.25, 0.3) is 0 Å². The van der Waals surface area contributed by atoms with Crippen LogP contribution in [0.25, 0.3) is 11.3 Å². The van der Waals surface area contributed by atoms with Crippen molar-refractivity contribution in [3.63, 3.8) is 0 Å². The Kier molecular flexibility index (Phi) is 5.38. The third-order valence-corrected chi connectivity index (χ3v) is 3.50. The van der Waals surface area contributed by atoms with E-state index in [4.69, 9.17) is 16.3 Å². The number of anilines is 1. The summed E-state index contributed by atoms with van der Waals surface area (Å²) in [6.45, 7) is 2.78. The molecule has 1 heterocycles. The number of nitrogens with one attached hydrogen (secondary N) is 1. The average Bonchev–Trinajstić information content (AvgIpc) is 2.94. The minimum Gasteiger partial charge on any atom is -0.494 e. The number of benzene rings is 1. The van der Waals surface area contributed by atoms with Crippen molar-refractivity contribution in [1.82, 2.24) is 4.98 Å². The zero-order valence-corrected chi connectivity index (χ0v) is 12.6. The number of amides is 1. The summed E-state index contributed by atoms with van der Waals surface area (Å²) in [6.07, 6.45) is 0.984. The second-order valence-corrected chi connectivity index (χ2v) is 5.22. The molecule has 0 fully saturated rings. The summed E-state index contributed by atoms with van der Waals surface area (Å²) in [7, 11) is 0. The molecule has 0 radical (unpaired) electrons. The van der Waals surface area contributed by atoms with E-state index in [0.29, 0.717) is 11.7 Å². The fraction of sp³-hybridized carbons (Fsp3) is 0.286. The second-order valence-electron chi connectivity index (χ2n) is 4.09. The van der Waals surface area contributed by atoms with Gasteiger partial charge >= 0.3 is 0 Å². The van der Waals surface area contributed by atoms with Crippen molar-refractivity contribution in [3.05, 3.63) is 29.6 Å². The number of halogens is 1. The highest BCUT2D eigenvalue weighted by Crippen LogP contribution is 2.26. The summed E-state index contributed by atoms with van der Waals surface area (Å²) in [4.78, 5) is 15.5. The van der Waals surface area contributed by atoms with Crippen LogP contribution >= 0.6 is 22.9 Å². The topological polar surface area (TPSA) is 51.2 Å². The van der Waals surface area contributed by atoms with Crippen molar-refractivity contribution >= 4 is 34.0 Å². The third-order valence-electron chi connectivity index (χ3n) is 2.49. The largest absolute Gasteiger partial charge is 0.494 e. The summed E-state index contributed by atoms with van der Waals surface area (Å²) in [5, 5.41) is 5.08. The number of hydrogen-bond donors (Lipinski definition) is 1. The quantitative estimate of drug-likeness (QED) is 0.826. The van der Waals surface area contributed by atoms with E-state index in [9.17, 15) is 4.79 Å². The number of aromatic nitrogens is 1. The lowest BCUT2D eigenvalue weighted by atomic mass is 10.2. The highest BCUT2D eigenvalue weighted by Gasteiger charge is 2.07. The van der Waals surface area contributed by atoms with Crippen LogP contribution < -0.4 is 10.1 Å². The van der Waals surface area contributed by atoms with Gasteiger partial charge in [0.15, 0.2) is 5.13 Å². The van der Waals surface area contributed by atoms with Gasteiger partial charge in [0.1, 0.15) is 11.6 Å². The lowest BCUT2D eigenvalue weighted by Gasteiger charge is -2.04. The smallest absolute Gasteiger partial charge is 0.241 e. The number of thiazole rings is 1. The van der Waals surface area contributed by atoms with Crippen LogP contribution in [-0.4, -0.2) is 23.4 Å². The van der Waals surface area contributed by atoms with Gasteiger partial charge in [0.05, 0.1) is 12.3 Å². The summed E-state index contributed by atoms with van der Waals surface area (Å²) >= 11 is 6.81. The summed E-state index contributed by atoms with van der Waals surface area (Å²) in [6, 6.07) is 7.74. The van der Waals surface area contributed by atoms with Crippen molar-refractivity contribution in [2.75, 3.05) is 17.8 Å². The molecular weight excluding hydrogens is 296 g/mol. The number of nitrogens with zero attached hydrogens (tertiary/aromatic N) is 1. The van der Waals surface area contributed by atoms with Crippen molar-refractivity contribution in [2.24, 2.45) is 0 Å². The van der Waals surface area contributed by atoms with Gasteiger partial charge in [-0.2, -0.15) is 0 Å². The number of carbonyl (C=O) groups is 1. The Bertz CT molecular complexity index is 569. The summed E-state index contributed by atoms with van der Waals surface area (Å²) < 4.78 is 5.53. The number of ether oxygens (including phenoxy) is 1. The minimum atomic E-state index is -0.254. The molecule has 106 valence electrons. The predicted molar refractivity (Wildman–Crippen MR) is 82.7 cm³/mol. The number of alkyl halides is 1. The van der Waals surface area contributed by atoms with E-state index in [1.807, 2.05) is 29.6 Å². The van der Waals surface area contributed by atoms with Crippen molar-refractivity contribution in [1.29, 1.82) is 0 Å². The summed E-state index contributed by atoms with van der Waals surface area (Å²) in [5.74, 6) is 0.524. The Labute approximate surface area is 126 Å². The fourth-order valence-electron chi connectivity index (χ4n) is 1.56.